The maximum atomic E-state index is 12.2. The molecule has 0 radical (unpaired) electrons. The number of hydrogen-bond donors (Lipinski definition) is 0. The Morgan fingerprint density at radius 2 is 2.19 bits per heavy atom. The van der Waals surface area contributed by atoms with Crippen molar-refractivity contribution in [2.75, 3.05) is 13.7 Å². The summed E-state index contributed by atoms with van der Waals surface area (Å²) in [5.74, 6) is -0.618. The van der Waals surface area contributed by atoms with Gasteiger partial charge < -0.3 is 4.74 Å². The summed E-state index contributed by atoms with van der Waals surface area (Å²) in [6.07, 6.45) is 3.28. The number of nitrogens with zero attached hydrogens (tertiary/aromatic N) is 1. The summed E-state index contributed by atoms with van der Waals surface area (Å²) in [6.45, 7) is 3.98. The fourth-order valence-corrected chi connectivity index (χ4v) is 3.11. The molecule has 4 nitrogen and oxygen atoms in total. The number of esters is 1. The second-order valence-corrected chi connectivity index (χ2v) is 5.84. The van der Waals surface area contributed by atoms with Gasteiger partial charge in [-0.05, 0) is 17.7 Å². The first-order valence-electron chi connectivity index (χ1n) is 6.12. The van der Waals surface area contributed by atoms with Crippen LogP contribution in [0.15, 0.2) is 41.8 Å². The molecule has 1 aromatic carbocycles. The third kappa shape index (κ3) is 3.22. The van der Waals surface area contributed by atoms with Crippen molar-refractivity contribution < 1.29 is 14.3 Å². The lowest BCUT2D eigenvalue weighted by Gasteiger charge is -2.10. The number of methoxy groups -OCH3 is 1. The van der Waals surface area contributed by atoms with E-state index < -0.39 is 5.97 Å². The van der Waals surface area contributed by atoms with Crippen molar-refractivity contribution in [3.8, 4) is 0 Å². The number of amides is 1. The van der Waals surface area contributed by atoms with Gasteiger partial charge in [0.15, 0.2) is 0 Å². The number of rotatable bonds is 4. The SMILES string of the molecule is C=CCN1C(=O)/C(=C/c2ccccc2C(=O)OC)SC1=S. The van der Waals surface area contributed by atoms with Crippen LogP contribution in [0.2, 0.25) is 0 Å². The minimum absolute atomic E-state index is 0.176. The molecule has 1 fully saturated rings. The first-order chi connectivity index (χ1) is 10.1. The fourth-order valence-electron chi connectivity index (χ4n) is 1.85. The fraction of sp³-hybridized carbons (Fsp3) is 0.133. The minimum Gasteiger partial charge on any atom is -0.465 e. The molecular formula is C15H13NO3S2. The molecule has 1 heterocycles. The normalized spacial score (nSPS) is 16.4. The Labute approximate surface area is 132 Å². The Balaban J connectivity index is 2.37. The Kier molecular flexibility index (Phi) is 4.93. The van der Waals surface area contributed by atoms with Gasteiger partial charge in [0.2, 0.25) is 0 Å². The average molecular weight is 319 g/mol. The van der Waals surface area contributed by atoms with E-state index in [4.69, 9.17) is 17.0 Å². The third-order valence-corrected chi connectivity index (χ3v) is 4.22. The molecule has 21 heavy (non-hydrogen) atoms. The van der Waals surface area contributed by atoms with Gasteiger partial charge in [-0.15, -0.1) is 6.58 Å². The number of benzene rings is 1. The van der Waals surface area contributed by atoms with E-state index in [0.717, 1.165) is 0 Å². The summed E-state index contributed by atoms with van der Waals surface area (Å²) in [6, 6.07) is 6.95. The molecule has 2 rings (SSSR count). The molecule has 0 atom stereocenters. The van der Waals surface area contributed by atoms with Crippen LogP contribution in [-0.2, 0) is 9.53 Å². The third-order valence-electron chi connectivity index (χ3n) is 2.84. The van der Waals surface area contributed by atoms with Crippen LogP contribution in [0.5, 0.6) is 0 Å². The van der Waals surface area contributed by atoms with Crippen molar-refractivity contribution in [2.45, 2.75) is 0 Å². The van der Waals surface area contributed by atoms with Gasteiger partial charge in [-0.3, -0.25) is 9.69 Å². The van der Waals surface area contributed by atoms with Crippen LogP contribution in [0.4, 0.5) is 0 Å². The largest absolute Gasteiger partial charge is 0.465 e. The first kappa shape index (κ1) is 15.5. The van der Waals surface area contributed by atoms with E-state index in [9.17, 15) is 9.59 Å². The molecule has 0 bridgehead atoms. The molecule has 0 N–H and O–H groups in total. The number of carbonyl (C=O) groups excluding carboxylic acids is 2. The van der Waals surface area contributed by atoms with Crippen LogP contribution >= 0.6 is 24.0 Å². The number of thioether (sulfide) groups is 1. The topological polar surface area (TPSA) is 46.6 Å². The van der Waals surface area contributed by atoms with Gasteiger partial charge in [0, 0.05) is 6.54 Å². The van der Waals surface area contributed by atoms with Crippen LogP contribution in [0, 0.1) is 0 Å². The number of thiocarbonyl (C=S) groups is 1. The average Bonchev–Trinajstić information content (AvgIpc) is 2.75. The van der Waals surface area contributed by atoms with E-state index in [1.54, 1.807) is 36.4 Å². The molecule has 1 aliphatic rings. The van der Waals surface area contributed by atoms with Crippen LogP contribution in [0.1, 0.15) is 15.9 Å². The highest BCUT2D eigenvalue weighted by molar-refractivity contribution is 8.26. The zero-order valence-electron chi connectivity index (χ0n) is 11.4. The summed E-state index contributed by atoms with van der Waals surface area (Å²) < 4.78 is 5.23. The summed E-state index contributed by atoms with van der Waals surface area (Å²) in [5, 5.41) is 0. The second kappa shape index (κ2) is 6.69. The zero-order chi connectivity index (χ0) is 15.4. The highest BCUT2D eigenvalue weighted by Crippen LogP contribution is 2.32. The summed E-state index contributed by atoms with van der Waals surface area (Å²) in [5.41, 5.74) is 1.04. The minimum atomic E-state index is -0.441. The lowest BCUT2D eigenvalue weighted by atomic mass is 10.1. The molecule has 108 valence electrons. The van der Waals surface area contributed by atoms with Crippen LogP contribution in [-0.4, -0.2) is 34.8 Å². The smallest absolute Gasteiger partial charge is 0.338 e. The summed E-state index contributed by atoms with van der Waals surface area (Å²) in [4.78, 5) is 25.9. The maximum Gasteiger partial charge on any atom is 0.338 e. The van der Waals surface area contributed by atoms with Gasteiger partial charge in [0.1, 0.15) is 4.32 Å². The van der Waals surface area contributed by atoms with Crippen LogP contribution in [0.3, 0.4) is 0 Å². The lowest BCUT2D eigenvalue weighted by Crippen LogP contribution is -2.27. The predicted octanol–water partition coefficient (Wildman–Crippen LogP) is 2.86. The number of carbonyl (C=O) groups is 2. The maximum absolute atomic E-state index is 12.2. The summed E-state index contributed by atoms with van der Waals surface area (Å²) >= 11 is 6.38. The molecule has 0 aliphatic carbocycles. The van der Waals surface area contributed by atoms with Crippen molar-refractivity contribution >= 4 is 46.3 Å². The number of ether oxygens (including phenoxy) is 1. The molecule has 0 aromatic heterocycles. The zero-order valence-corrected chi connectivity index (χ0v) is 13.0. The van der Waals surface area contributed by atoms with Gasteiger partial charge in [0.25, 0.3) is 5.91 Å². The molecule has 1 amide bonds. The van der Waals surface area contributed by atoms with Crippen molar-refractivity contribution in [2.24, 2.45) is 0 Å². The second-order valence-electron chi connectivity index (χ2n) is 4.16. The van der Waals surface area contributed by atoms with Gasteiger partial charge in [-0.25, -0.2) is 4.79 Å². The van der Waals surface area contributed by atoms with Crippen molar-refractivity contribution in [3.63, 3.8) is 0 Å². The first-order valence-corrected chi connectivity index (χ1v) is 7.34. The predicted molar refractivity (Wildman–Crippen MR) is 87.9 cm³/mol. The van der Waals surface area contributed by atoms with Gasteiger partial charge in [-0.2, -0.15) is 0 Å². The van der Waals surface area contributed by atoms with E-state index in [-0.39, 0.29) is 5.91 Å². The Hall–Kier alpha value is -1.92. The van der Waals surface area contributed by atoms with Crippen molar-refractivity contribution in [1.29, 1.82) is 0 Å². The van der Waals surface area contributed by atoms with E-state index in [0.29, 0.717) is 26.9 Å². The molecule has 1 saturated heterocycles. The van der Waals surface area contributed by atoms with Crippen LogP contribution in [0.25, 0.3) is 6.08 Å². The Morgan fingerprint density at radius 3 is 2.86 bits per heavy atom. The molecular weight excluding hydrogens is 306 g/mol. The molecule has 6 heteroatoms. The highest BCUT2D eigenvalue weighted by atomic mass is 32.2. The Morgan fingerprint density at radius 1 is 1.48 bits per heavy atom. The number of hydrogen-bond acceptors (Lipinski definition) is 5. The Bertz CT molecular complexity index is 652. The van der Waals surface area contributed by atoms with Crippen molar-refractivity contribution in [3.05, 3.63) is 53.0 Å². The van der Waals surface area contributed by atoms with Crippen LogP contribution < -0.4 is 0 Å². The quantitative estimate of drug-likeness (QED) is 0.370. The van der Waals surface area contributed by atoms with E-state index >= 15 is 0 Å². The molecule has 0 unspecified atom stereocenters. The highest BCUT2D eigenvalue weighted by Gasteiger charge is 2.31. The monoisotopic (exact) mass is 319 g/mol. The van der Waals surface area contributed by atoms with Gasteiger partial charge >= 0.3 is 5.97 Å². The molecule has 0 spiro atoms. The lowest BCUT2D eigenvalue weighted by molar-refractivity contribution is -0.121. The van der Waals surface area contributed by atoms with Crippen molar-refractivity contribution in [1.82, 2.24) is 4.90 Å². The molecule has 1 aromatic rings. The van der Waals surface area contributed by atoms with Gasteiger partial charge in [-0.1, -0.05) is 48.3 Å². The molecule has 0 saturated carbocycles. The summed E-state index contributed by atoms with van der Waals surface area (Å²) in [7, 11) is 1.32. The molecule has 1 aliphatic heterocycles. The van der Waals surface area contributed by atoms with E-state index in [2.05, 4.69) is 6.58 Å². The van der Waals surface area contributed by atoms with Gasteiger partial charge in [0.05, 0.1) is 17.6 Å². The van der Waals surface area contributed by atoms with E-state index in [1.165, 1.54) is 23.8 Å². The van der Waals surface area contributed by atoms with E-state index in [1.807, 2.05) is 0 Å². The standard InChI is InChI=1S/C15H13NO3S2/c1-3-8-16-13(17)12(21-15(16)20)9-10-6-4-5-7-11(10)14(18)19-2/h3-7,9H,1,8H2,2H3/b12-9-.